The minimum absolute atomic E-state index is 0.351. The molecule has 1 aromatic carbocycles. The summed E-state index contributed by atoms with van der Waals surface area (Å²) in [7, 11) is 0. The van der Waals surface area contributed by atoms with Crippen molar-refractivity contribution in [3.8, 4) is 0 Å². The van der Waals surface area contributed by atoms with Crippen molar-refractivity contribution in [3.63, 3.8) is 0 Å². The fourth-order valence-electron chi connectivity index (χ4n) is 2.65. The molecule has 0 spiro atoms. The number of hydrogen-bond acceptors (Lipinski definition) is 4. The molecule has 0 saturated carbocycles. The maximum Gasteiger partial charge on any atom is 0.143 e. The number of pyridine rings is 1. The van der Waals surface area contributed by atoms with Crippen molar-refractivity contribution in [1.82, 2.24) is 15.3 Å². The number of aromatic nitrogens is 2. The summed E-state index contributed by atoms with van der Waals surface area (Å²) in [5.74, 6) is 0.351. The molecule has 1 atom stereocenters. The first-order valence-corrected chi connectivity index (χ1v) is 7.23. The van der Waals surface area contributed by atoms with E-state index in [0.717, 1.165) is 28.4 Å². The molecule has 0 fully saturated rings. The lowest BCUT2D eigenvalue weighted by atomic mass is 9.91. The standard InChI is InChI=1S/C15H13N3S/c1-2-5-11-10(4-1)8-16-9-12(11)14-18-13-6-3-7-17-15(13)19-14/h1-7,12,16H,8-9H2. The summed E-state index contributed by atoms with van der Waals surface area (Å²) in [5.41, 5.74) is 3.79. The van der Waals surface area contributed by atoms with Gasteiger partial charge in [0.1, 0.15) is 15.4 Å². The molecule has 1 aliphatic heterocycles. The lowest BCUT2D eigenvalue weighted by Gasteiger charge is -2.24. The first-order valence-electron chi connectivity index (χ1n) is 6.42. The Morgan fingerprint density at radius 1 is 1.16 bits per heavy atom. The van der Waals surface area contributed by atoms with E-state index in [0.29, 0.717) is 5.92 Å². The van der Waals surface area contributed by atoms with Gasteiger partial charge in [0, 0.05) is 25.2 Å². The molecule has 94 valence electrons. The molecular weight excluding hydrogens is 254 g/mol. The number of hydrogen-bond donors (Lipinski definition) is 1. The zero-order valence-corrected chi connectivity index (χ0v) is 11.2. The van der Waals surface area contributed by atoms with Gasteiger partial charge < -0.3 is 5.32 Å². The second-order valence-electron chi connectivity index (χ2n) is 4.76. The predicted octanol–water partition coefficient (Wildman–Crippen LogP) is 2.93. The van der Waals surface area contributed by atoms with Crippen LogP contribution in [0.1, 0.15) is 22.1 Å². The second kappa shape index (κ2) is 4.40. The smallest absolute Gasteiger partial charge is 0.143 e. The number of benzene rings is 1. The lowest BCUT2D eigenvalue weighted by molar-refractivity contribution is 0.590. The molecule has 4 rings (SSSR count). The minimum atomic E-state index is 0.351. The van der Waals surface area contributed by atoms with Gasteiger partial charge in [-0.2, -0.15) is 0 Å². The SMILES string of the molecule is c1ccc2c(c1)CNCC2c1nc2cccnc2s1. The van der Waals surface area contributed by atoms with Gasteiger partial charge in [-0.05, 0) is 23.3 Å². The van der Waals surface area contributed by atoms with E-state index in [-0.39, 0.29) is 0 Å². The van der Waals surface area contributed by atoms with Crippen molar-refractivity contribution in [1.29, 1.82) is 0 Å². The summed E-state index contributed by atoms with van der Waals surface area (Å²) in [4.78, 5) is 10.2. The zero-order valence-electron chi connectivity index (χ0n) is 10.3. The third-order valence-corrected chi connectivity index (χ3v) is 4.67. The van der Waals surface area contributed by atoms with Crippen molar-refractivity contribution in [2.45, 2.75) is 12.5 Å². The summed E-state index contributed by atoms with van der Waals surface area (Å²) < 4.78 is 0. The molecule has 0 saturated heterocycles. The predicted molar refractivity (Wildman–Crippen MR) is 77.4 cm³/mol. The number of nitrogens with zero attached hydrogens (tertiary/aromatic N) is 2. The zero-order chi connectivity index (χ0) is 12.7. The number of thiazole rings is 1. The lowest BCUT2D eigenvalue weighted by Crippen LogP contribution is -2.28. The van der Waals surface area contributed by atoms with Crippen LogP contribution in [-0.4, -0.2) is 16.5 Å². The molecule has 4 heteroatoms. The van der Waals surface area contributed by atoms with Crippen LogP contribution in [0.4, 0.5) is 0 Å². The van der Waals surface area contributed by atoms with E-state index in [1.54, 1.807) is 11.3 Å². The molecule has 3 nitrogen and oxygen atoms in total. The van der Waals surface area contributed by atoms with E-state index in [2.05, 4.69) is 34.6 Å². The third-order valence-electron chi connectivity index (χ3n) is 3.58. The maximum absolute atomic E-state index is 4.75. The maximum atomic E-state index is 4.75. The van der Waals surface area contributed by atoms with E-state index < -0.39 is 0 Å². The van der Waals surface area contributed by atoms with Gasteiger partial charge in [-0.25, -0.2) is 9.97 Å². The van der Waals surface area contributed by atoms with Gasteiger partial charge in [0.2, 0.25) is 0 Å². The van der Waals surface area contributed by atoms with Crippen LogP contribution < -0.4 is 5.32 Å². The first kappa shape index (κ1) is 11.1. The summed E-state index contributed by atoms with van der Waals surface area (Å²) in [6, 6.07) is 12.6. The van der Waals surface area contributed by atoms with Crippen LogP contribution in [0.5, 0.6) is 0 Å². The van der Waals surface area contributed by atoms with Crippen LogP contribution in [0.15, 0.2) is 42.6 Å². The molecule has 0 radical (unpaired) electrons. The summed E-state index contributed by atoms with van der Waals surface area (Å²) in [6.45, 7) is 1.91. The normalized spacial score (nSPS) is 18.4. The Hall–Kier alpha value is -1.78. The van der Waals surface area contributed by atoms with Crippen molar-refractivity contribution in [2.24, 2.45) is 0 Å². The van der Waals surface area contributed by atoms with Crippen molar-refractivity contribution >= 4 is 21.7 Å². The average molecular weight is 267 g/mol. The van der Waals surface area contributed by atoms with Gasteiger partial charge >= 0.3 is 0 Å². The van der Waals surface area contributed by atoms with Crippen LogP contribution in [0.25, 0.3) is 10.3 Å². The van der Waals surface area contributed by atoms with Crippen LogP contribution in [-0.2, 0) is 6.54 Å². The molecule has 1 aliphatic rings. The fourth-order valence-corrected chi connectivity index (χ4v) is 3.68. The molecular formula is C15H13N3S. The molecule has 1 N–H and O–H groups in total. The first-order chi connectivity index (χ1) is 9.42. The highest BCUT2D eigenvalue weighted by atomic mass is 32.1. The Morgan fingerprint density at radius 2 is 2.11 bits per heavy atom. The Kier molecular flexibility index (Phi) is 2.57. The minimum Gasteiger partial charge on any atom is -0.312 e. The molecule has 0 aliphatic carbocycles. The van der Waals surface area contributed by atoms with Crippen LogP contribution >= 0.6 is 11.3 Å². The van der Waals surface area contributed by atoms with Gasteiger partial charge in [0.15, 0.2) is 0 Å². The van der Waals surface area contributed by atoms with Gasteiger partial charge in [0.05, 0.1) is 0 Å². The molecule has 2 aromatic heterocycles. The van der Waals surface area contributed by atoms with Crippen LogP contribution in [0, 0.1) is 0 Å². The molecule has 0 amide bonds. The summed E-state index contributed by atoms with van der Waals surface area (Å²) in [6.07, 6.45) is 1.83. The van der Waals surface area contributed by atoms with Crippen LogP contribution in [0.2, 0.25) is 0 Å². The topological polar surface area (TPSA) is 37.8 Å². The molecule has 0 bridgehead atoms. The monoisotopic (exact) mass is 267 g/mol. The number of nitrogens with one attached hydrogen (secondary N) is 1. The summed E-state index contributed by atoms with van der Waals surface area (Å²) >= 11 is 1.71. The quantitative estimate of drug-likeness (QED) is 0.736. The van der Waals surface area contributed by atoms with E-state index in [9.17, 15) is 0 Å². The van der Waals surface area contributed by atoms with Gasteiger partial charge in [-0.3, -0.25) is 0 Å². The van der Waals surface area contributed by atoms with Gasteiger partial charge in [-0.1, -0.05) is 35.6 Å². The number of fused-ring (bicyclic) bond motifs is 2. The van der Waals surface area contributed by atoms with Crippen molar-refractivity contribution in [3.05, 3.63) is 58.7 Å². The van der Waals surface area contributed by atoms with E-state index >= 15 is 0 Å². The highest BCUT2D eigenvalue weighted by Gasteiger charge is 2.24. The Morgan fingerprint density at radius 3 is 3.05 bits per heavy atom. The largest absolute Gasteiger partial charge is 0.312 e. The second-order valence-corrected chi connectivity index (χ2v) is 5.77. The van der Waals surface area contributed by atoms with Crippen molar-refractivity contribution < 1.29 is 0 Å². The molecule has 3 heterocycles. The van der Waals surface area contributed by atoms with Crippen molar-refractivity contribution in [2.75, 3.05) is 6.54 Å². The fraction of sp³-hybridized carbons (Fsp3) is 0.200. The highest BCUT2D eigenvalue weighted by molar-refractivity contribution is 7.18. The summed E-state index contributed by atoms with van der Waals surface area (Å²) in [5, 5.41) is 4.64. The van der Waals surface area contributed by atoms with Gasteiger partial charge in [0.25, 0.3) is 0 Å². The third kappa shape index (κ3) is 1.84. The van der Waals surface area contributed by atoms with E-state index in [4.69, 9.17) is 4.98 Å². The molecule has 3 aromatic rings. The number of rotatable bonds is 1. The van der Waals surface area contributed by atoms with Gasteiger partial charge in [-0.15, -0.1) is 0 Å². The van der Waals surface area contributed by atoms with E-state index in [1.165, 1.54) is 11.1 Å². The van der Waals surface area contributed by atoms with Crippen LogP contribution in [0.3, 0.4) is 0 Å². The molecule has 1 unspecified atom stereocenters. The van der Waals surface area contributed by atoms with E-state index in [1.807, 2.05) is 18.3 Å². The Bertz CT molecular complexity index is 702. The average Bonchev–Trinajstić information content (AvgIpc) is 2.90. The highest BCUT2D eigenvalue weighted by Crippen LogP contribution is 2.33. The Balaban J connectivity index is 1.85. The molecule has 19 heavy (non-hydrogen) atoms. The Labute approximate surface area is 115 Å².